The molecular weight excluding hydrogens is 204 g/mol. The fourth-order valence-corrected chi connectivity index (χ4v) is 1.24. The van der Waals surface area contributed by atoms with Gasteiger partial charge in [0.15, 0.2) is 5.60 Å². The lowest BCUT2D eigenvalue weighted by molar-refractivity contribution is -0.172. The van der Waals surface area contributed by atoms with E-state index in [0.29, 0.717) is 0 Å². The lowest BCUT2D eigenvalue weighted by Gasteiger charge is -2.28. The van der Waals surface area contributed by atoms with Gasteiger partial charge < -0.3 is 20.1 Å². The van der Waals surface area contributed by atoms with Gasteiger partial charge in [0.25, 0.3) is 0 Å². The number of carbonyl (C=O) groups is 2. The molecule has 0 aromatic carbocycles. The Hall–Kier alpha value is -1.14. The molecule has 0 bridgehead atoms. The molecule has 0 fully saturated rings. The minimum absolute atomic E-state index is 0.454. The Morgan fingerprint density at radius 2 is 1.73 bits per heavy atom. The Morgan fingerprint density at radius 1 is 1.27 bits per heavy atom. The topological polar surface area (TPSA) is 104 Å². The quantitative estimate of drug-likeness (QED) is 0.541. The molecule has 3 N–H and O–H groups in total. The Morgan fingerprint density at radius 3 is 2.00 bits per heavy atom. The summed E-state index contributed by atoms with van der Waals surface area (Å²) in [5, 5.41) is 27.8. The van der Waals surface area contributed by atoms with E-state index in [0.717, 1.165) is 7.11 Å². The molecule has 6 nitrogen and oxygen atoms in total. The van der Waals surface area contributed by atoms with Crippen LogP contribution in [-0.2, 0) is 14.3 Å². The van der Waals surface area contributed by atoms with Gasteiger partial charge in [-0.15, -0.1) is 0 Å². The second-order valence-electron chi connectivity index (χ2n) is 4.08. The van der Waals surface area contributed by atoms with E-state index in [1.165, 1.54) is 13.8 Å². The van der Waals surface area contributed by atoms with E-state index in [9.17, 15) is 19.8 Å². The zero-order valence-electron chi connectivity index (χ0n) is 8.98. The molecule has 0 aliphatic carbocycles. The maximum atomic E-state index is 10.9. The third-order valence-corrected chi connectivity index (χ3v) is 1.79. The van der Waals surface area contributed by atoms with Crippen molar-refractivity contribution in [3.8, 4) is 0 Å². The summed E-state index contributed by atoms with van der Waals surface area (Å²) in [5.74, 6) is -2.40. The Bertz CT molecular complexity index is 254. The molecule has 0 spiro atoms. The number of hydrogen-bond donors (Lipinski definition) is 3. The van der Waals surface area contributed by atoms with Crippen LogP contribution < -0.4 is 0 Å². The average molecular weight is 220 g/mol. The first-order chi connectivity index (χ1) is 6.60. The molecule has 0 aromatic heterocycles. The largest absolute Gasteiger partial charge is 0.479 e. The second-order valence-corrected chi connectivity index (χ2v) is 4.08. The lowest BCUT2D eigenvalue weighted by Crippen LogP contribution is -2.46. The van der Waals surface area contributed by atoms with Gasteiger partial charge in [-0.05, 0) is 13.8 Å². The highest BCUT2D eigenvalue weighted by molar-refractivity contribution is 5.84. The van der Waals surface area contributed by atoms with Gasteiger partial charge in [-0.3, -0.25) is 4.79 Å². The van der Waals surface area contributed by atoms with Crippen LogP contribution >= 0.6 is 0 Å². The molecule has 6 heteroatoms. The minimum atomic E-state index is -2.30. The first-order valence-corrected chi connectivity index (χ1v) is 4.36. The van der Waals surface area contributed by atoms with Crippen LogP contribution in [0.5, 0.6) is 0 Å². The van der Waals surface area contributed by atoms with E-state index in [1.54, 1.807) is 0 Å². The lowest BCUT2D eigenvalue weighted by atomic mass is 9.87. The predicted molar refractivity (Wildman–Crippen MR) is 50.1 cm³/mol. The van der Waals surface area contributed by atoms with Crippen LogP contribution in [-0.4, -0.2) is 45.6 Å². The number of aliphatic carboxylic acids is 1. The Kier molecular flexibility index (Phi) is 4.24. The summed E-state index contributed by atoms with van der Waals surface area (Å²) in [6, 6.07) is 0. The van der Waals surface area contributed by atoms with E-state index in [4.69, 9.17) is 5.11 Å². The van der Waals surface area contributed by atoms with E-state index < -0.39 is 36.0 Å². The second kappa shape index (κ2) is 4.59. The summed E-state index contributed by atoms with van der Waals surface area (Å²) < 4.78 is 4.27. The van der Waals surface area contributed by atoms with Crippen LogP contribution in [0.2, 0.25) is 0 Å². The number of methoxy groups -OCH3 is 1. The van der Waals surface area contributed by atoms with Gasteiger partial charge >= 0.3 is 11.9 Å². The van der Waals surface area contributed by atoms with Crippen LogP contribution in [0.4, 0.5) is 0 Å². The molecule has 0 aliphatic rings. The zero-order chi connectivity index (χ0) is 12.3. The molecule has 0 aliphatic heterocycles. The number of carboxylic acid groups (broad SMARTS) is 1. The van der Waals surface area contributed by atoms with Gasteiger partial charge in [-0.2, -0.15) is 0 Å². The molecule has 0 aromatic rings. The van der Waals surface area contributed by atoms with Crippen molar-refractivity contribution < 1.29 is 29.6 Å². The van der Waals surface area contributed by atoms with Crippen molar-refractivity contribution in [2.24, 2.45) is 0 Å². The number of ether oxygens (including phenoxy) is 1. The van der Waals surface area contributed by atoms with Gasteiger partial charge in [0.05, 0.1) is 19.1 Å². The molecule has 88 valence electrons. The van der Waals surface area contributed by atoms with Crippen molar-refractivity contribution in [1.29, 1.82) is 0 Å². The van der Waals surface area contributed by atoms with Crippen molar-refractivity contribution in [3.05, 3.63) is 0 Å². The highest BCUT2D eigenvalue weighted by Gasteiger charge is 2.42. The Labute approximate surface area is 87.5 Å². The number of aliphatic hydroxyl groups is 2. The smallest absolute Gasteiger partial charge is 0.336 e. The first-order valence-electron chi connectivity index (χ1n) is 4.36. The maximum absolute atomic E-state index is 10.9. The third kappa shape index (κ3) is 4.75. The van der Waals surface area contributed by atoms with Crippen molar-refractivity contribution in [2.45, 2.75) is 37.9 Å². The molecule has 0 heterocycles. The fraction of sp³-hybridized carbons (Fsp3) is 0.778. The molecule has 0 saturated carbocycles. The molecule has 0 amide bonds. The summed E-state index contributed by atoms with van der Waals surface area (Å²) in [6.07, 6.45) is -1.15. The van der Waals surface area contributed by atoms with E-state index in [2.05, 4.69) is 4.74 Å². The van der Waals surface area contributed by atoms with Gasteiger partial charge in [-0.25, -0.2) is 4.79 Å². The van der Waals surface area contributed by atoms with Gasteiger partial charge in [0.1, 0.15) is 0 Å². The van der Waals surface area contributed by atoms with Gasteiger partial charge in [-0.1, -0.05) is 0 Å². The highest BCUT2D eigenvalue weighted by atomic mass is 16.5. The molecule has 1 atom stereocenters. The van der Waals surface area contributed by atoms with Crippen LogP contribution in [0.25, 0.3) is 0 Å². The number of hydrogen-bond acceptors (Lipinski definition) is 5. The van der Waals surface area contributed by atoms with Gasteiger partial charge in [0.2, 0.25) is 0 Å². The number of carboxylic acids is 1. The third-order valence-electron chi connectivity index (χ3n) is 1.79. The van der Waals surface area contributed by atoms with E-state index in [1.807, 2.05) is 0 Å². The Balaban J connectivity index is 4.75. The summed E-state index contributed by atoms with van der Waals surface area (Å²) in [7, 11) is 1.09. The number of esters is 1. The van der Waals surface area contributed by atoms with Gasteiger partial charge in [0, 0.05) is 6.42 Å². The van der Waals surface area contributed by atoms with Crippen molar-refractivity contribution in [3.63, 3.8) is 0 Å². The monoisotopic (exact) mass is 220 g/mol. The molecule has 0 radical (unpaired) electrons. The van der Waals surface area contributed by atoms with Crippen LogP contribution in [0.1, 0.15) is 26.7 Å². The molecule has 1 unspecified atom stereocenters. The summed E-state index contributed by atoms with van der Waals surface area (Å²) in [5.41, 5.74) is -3.69. The molecule has 0 saturated heterocycles. The van der Waals surface area contributed by atoms with E-state index >= 15 is 0 Å². The SMILES string of the molecule is COC(=O)CC(O)(CC(C)(C)O)C(=O)O. The van der Waals surface area contributed by atoms with Crippen molar-refractivity contribution in [1.82, 2.24) is 0 Å². The van der Waals surface area contributed by atoms with Crippen LogP contribution in [0.3, 0.4) is 0 Å². The fourth-order valence-electron chi connectivity index (χ4n) is 1.24. The van der Waals surface area contributed by atoms with Crippen LogP contribution in [0.15, 0.2) is 0 Å². The standard InChI is InChI=1S/C9H16O6/c1-8(2,13)5-9(14,7(11)12)4-6(10)15-3/h13-14H,4-5H2,1-3H3,(H,11,12). The molecular formula is C9H16O6. The van der Waals surface area contributed by atoms with Crippen LogP contribution in [0, 0.1) is 0 Å². The highest BCUT2D eigenvalue weighted by Crippen LogP contribution is 2.24. The maximum Gasteiger partial charge on any atom is 0.336 e. The normalized spacial score (nSPS) is 15.5. The molecule has 15 heavy (non-hydrogen) atoms. The predicted octanol–water partition coefficient (Wildman–Crippen LogP) is -0.474. The summed E-state index contributed by atoms with van der Waals surface area (Å²) in [6.45, 7) is 2.69. The van der Waals surface area contributed by atoms with E-state index in [-0.39, 0.29) is 0 Å². The zero-order valence-corrected chi connectivity index (χ0v) is 8.98. The van der Waals surface area contributed by atoms with Crippen molar-refractivity contribution in [2.75, 3.05) is 7.11 Å². The average Bonchev–Trinajstić information content (AvgIpc) is 2.00. The summed E-state index contributed by atoms with van der Waals surface area (Å²) in [4.78, 5) is 21.7. The number of carbonyl (C=O) groups excluding carboxylic acids is 1. The number of rotatable bonds is 5. The van der Waals surface area contributed by atoms with Crippen molar-refractivity contribution >= 4 is 11.9 Å². The minimum Gasteiger partial charge on any atom is -0.479 e. The summed E-state index contributed by atoms with van der Waals surface area (Å²) >= 11 is 0. The first kappa shape index (κ1) is 13.9. The molecule has 0 rings (SSSR count).